The SMILES string of the molecule is CCNCCNS(=O)(=O)c1cncc(Br)c1.Cl. The molecule has 0 radical (unpaired) electrons. The van der Waals surface area contributed by atoms with E-state index in [0.717, 1.165) is 6.54 Å². The third kappa shape index (κ3) is 5.78. The maximum atomic E-state index is 11.7. The quantitative estimate of drug-likeness (QED) is 0.760. The van der Waals surface area contributed by atoms with Crippen molar-refractivity contribution < 1.29 is 8.42 Å². The van der Waals surface area contributed by atoms with E-state index < -0.39 is 10.0 Å². The molecule has 0 atom stereocenters. The highest BCUT2D eigenvalue weighted by Gasteiger charge is 2.13. The van der Waals surface area contributed by atoms with Crippen LogP contribution < -0.4 is 10.0 Å². The van der Waals surface area contributed by atoms with E-state index >= 15 is 0 Å². The van der Waals surface area contributed by atoms with E-state index in [1.807, 2.05) is 6.92 Å². The number of hydrogen-bond donors (Lipinski definition) is 2. The largest absolute Gasteiger partial charge is 0.316 e. The number of hydrogen-bond acceptors (Lipinski definition) is 4. The third-order valence-corrected chi connectivity index (χ3v) is 3.70. The number of nitrogens with one attached hydrogen (secondary N) is 2. The van der Waals surface area contributed by atoms with E-state index in [4.69, 9.17) is 0 Å². The molecule has 0 bridgehead atoms. The van der Waals surface area contributed by atoms with Crippen LogP contribution in [0.1, 0.15) is 6.92 Å². The van der Waals surface area contributed by atoms with Gasteiger partial charge in [-0.2, -0.15) is 0 Å². The molecular weight excluding hydrogens is 330 g/mol. The van der Waals surface area contributed by atoms with Crippen molar-refractivity contribution in [3.8, 4) is 0 Å². The molecule has 0 aliphatic heterocycles. The Morgan fingerprint density at radius 3 is 2.65 bits per heavy atom. The zero-order chi connectivity index (χ0) is 12.0. The first-order valence-corrected chi connectivity index (χ1v) is 7.15. The number of sulfonamides is 1. The Hall–Kier alpha value is -0.210. The van der Waals surface area contributed by atoms with Crippen LogP contribution in [0.5, 0.6) is 0 Å². The van der Waals surface area contributed by atoms with Crippen molar-refractivity contribution in [3.63, 3.8) is 0 Å². The fourth-order valence-electron chi connectivity index (χ4n) is 1.07. The molecule has 5 nitrogen and oxygen atoms in total. The molecule has 17 heavy (non-hydrogen) atoms. The third-order valence-electron chi connectivity index (χ3n) is 1.83. The second-order valence-electron chi connectivity index (χ2n) is 3.09. The molecule has 0 aliphatic rings. The molecule has 0 saturated carbocycles. The molecule has 0 amide bonds. The maximum Gasteiger partial charge on any atom is 0.242 e. The summed E-state index contributed by atoms with van der Waals surface area (Å²) < 4.78 is 26.6. The molecule has 0 aromatic carbocycles. The van der Waals surface area contributed by atoms with Crippen molar-refractivity contribution in [2.45, 2.75) is 11.8 Å². The highest BCUT2D eigenvalue weighted by molar-refractivity contribution is 9.10. The molecule has 0 saturated heterocycles. The summed E-state index contributed by atoms with van der Waals surface area (Å²) in [5.74, 6) is 0. The summed E-state index contributed by atoms with van der Waals surface area (Å²) in [7, 11) is -3.45. The van der Waals surface area contributed by atoms with Crippen molar-refractivity contribution >= 4 is 38.4 Å². The fraction of sp³-hybridized carbons (Fsp3) is 0.444. The van der Waals surface area contributed by atoms with E-state index in [1.54, 1.807) is 0 Å². The number of rotatable bonds is 6. The van der Waals surface area contributed by atoms with Crippen LogP contribution in [0.2, 0.25) is 0 Å². The standard InChI is InChI=1S/C9H14BrN3O2S.ClH/c1-2-11-3-4-13-16(14,15)9-5-8(10)6-12-7-9;/h5-7,11,13H,2-4H2,1H3;1H. The molecule has 2 N–H and O–H groups in total. The summed E-state index contributed by atoms with van der Waals surface area (Å²) in [6.45, 7) is 3.76. The van der Waals surface area contributed by atoms with E-state index in [9.17, 15) is 8.42 Å². The number of halogens is 2. The first-order chi connectivity index (χ1) is 7.56. The van der Waals surface area contributed by atoms with Crippen LogP contribution in [0, 0.1) is 0 Å². The van der Waals surface area contributed by atoms with Crippen LogP contribution in [-0.2, 0) is 10.0 Å². The lowest BCUT2D eigenvalue weighted by Crippen LogP contribution is -2.31. The predicted molar refractivity (Wildman–Crippen MR) is 72.9 cm³/mol. The van der Waals surface area contributed by atoms with E-state index in [1.165, 1.54) is 18.5 Å². The Kier molecular flexibility index (Phi) is 7.89. The van der Waals surface area contributed by atoms with Gasteiger partial charge in [0.2, 0.25) is 10.0 Å². The molecule has 0 aliphatic carbocycles. The van der Waals surface area contributed by atoms with Crippen molar-refractivity contribution in [2.24, 2.45) is 0 Å². The molecule has 1 aromatic heterocycles. The predicted octanol–water partition coefficient (Wildman–Crippen LogP) is 1.15. The Labute approximate surface area is 116 Å². The number of aromatic nitrogens is 1. The lowest BCUT2D eigenvalue weighted by molar-refractivity contribution is 0.577. The van der Waals surface area contributed by atoms with Crippen LogP contribution in [0.15, 0.2) is 27.8 Å². The van der Waals surface area contributed by atoms with Crippen molar-refractivity contribution in [1.82, 2.24) is 15.0 Å². The number of nitrogens with zero attached hydrogens (tertiary/aromatic N) is 1. The number of likely N-dealkylation sites (N-methyl/N-ethyl adjacent to an activating group) is 1. The van der Waals surface area contributed by atoms with Crippen LogP contribution in [0.3, 0.4) is 0 Å². The van der Waals surface area contributed by atoms with Gasteiger partial charge in [0.1, 0.15) is 4.90 Å². The van der Waals surface area contributed by atoms with Crippen molar-refractivity contribution in [2.75, 3.05) is 19.6 Å². The minimum Gasteiger partial charge on any atom is -0.316 e. The van der Waals surface area contributed by atoms with Gasteiger partial charge in [0, 0.05) is 30.0 Å². The Bertz CT molecular complexity index is 442. The van der Waals surface area contributed by atoms with Crippen LogP contribution in [-0.4, -0.2) is 33.0 Å². The molecule has 0 spiro atoms. The van der Waals surface area contributed by atoms with Crippen molar-refractivity contribution in [1.29, 1.82) is 0 Å². The smallest absolute Gasteiger partial charge is 0.242 e. The zero-order valence-corrected chi connectivity index (χ0v) is 12.5. The monoisotopic (exact) mass is 343 g/mol. The molecule has 1 heterocycles. The Morgan fingerprint density at radius 2 is 2.06 bits per heavy atom. The molecular formula is C9H15BrClN3O2S. The van der Waals surface area contributed by atoms with E-state index in [0.29, 0.717) is 17.6 Å². The van der Waals surface area contributed by atoms with Crippen LogP contribution >= 0.6 is 28.3 Å². The van der Waals surface area contributed by atoms with Gasteiger partial charge >= 0.3 is 0 Å². The zero-order valence-electron chi connectivity index (χ0n) is 9.31. The average molecular weight is 345 g/mol. The maximum absolute atomic E-state index is 11.7. The van der Waals surface area contributed by atoms with Gasteiger partial charge in [-0.05, 0) is 28.5 Å². The lowest BCUT2D eigenvalue weighted by Gasteiger charge is -2.06. The summed E-state index contributed by atoms with van der Waals surface area (Å²) in [5, 5.41) is 3.03. The highest BCUT2D eigenvalue weighted by Crippen LogP contribution is 2.13. The summed E-state index contributed by atoms with van der Waals surface area (Å²) in [6, 6.07) is 1.52. The van der Waals surface area contributed by atoms with Gasteiger partial charge in [-0.1, -0.05) is 6.92 Å². The second kappa shape index (κ2) is 7.99. The van der Waals surface area contributed by atoms with Gasteiger partial charge < -0.3 is 5.32 Å². The Morgan fingerprint density at radius 1 is 1.35 bits per heavy atom. The van der Waals surface area contributed by atoms with Gasteiger partial charge in [0.25, 0.3) is 0 Å². The van der Waals surface area contributed by atoms with Gasteiger partial charge in [-0.3, -0.25) is 4.98 Å². The van der Waals surface area contributed by atoms with Crippen molar-refractivity contribution in [3.05, 3.63) is 22.9 Å². The van der Waals surface area contributed by atoms with E-state index in [2.05, 4.69) is 31.0 Å². The Balaban J connectivity index is 0.00000256. The molecule has 0 unspecified atom stereocenters. The van der Waals surface area contributed by atoms with Gasteiger partial charge in [-0.15, -0.1) is 12.4 Å². The molecule has 1 aromatic rings. The fourth-order valence-corrected chi connectivity index (χ4v) is 2.61. The minimum atomic E-state index is -3.45. The minimum absolute atomic E-state index is 0. The van der Waals surface area contributed by atoms with Crippen LogP contribution in [0.4, 0.5) is 0 Å². The van der Waals surface area contributed by atoms with Gasteiger partial charge in [0.05, 0.1) is 0 Å². The van der Waals surface area contributed by atoms with Crippen LogP contribution in [0.25, 0.3) is 0 Å². The lowest BCUT2D eigenvalue weighted by atomic mass is 10.5. The summed E-state index contributed by atoms with van der Waals surface area (Å²) in [6.07, 6.45) is 2.86. The average Bonchev–Trinajstić information content (AvgIpc) is 2.24. The highest BCUT2D eigenvalue weighted by atomic mass is 79.9. The molecule has 98 valence electrons. The first-order valence-electron chi connectivity index (χ1n) is 4.87. The van der Waals surface area contributed by atoms with Gasteiger partial charge in [0.15, 0.2) is 0 Å². The molecule has 8 heteroatoms. The van der Waals surface area contributed by atoms with Gasteiger partial charge in [-0.25, -0.2) is 13.1 Å². The summed E-state index contributed by atoms with van der Waals surface area (Å²) in [4.78, 5) is 3.98. The topological polar surface area (TPSA) is 71.1 Å². The molecule has 0 fully saturated rings. The normalized spacial score (nSPS) is 10.9. The summed E-state index contributed by atoms with van der Waals surface area (Å²) >= 11 is 3.18. The van der Waals surface area contributed by atoms with E-state index in [-0.39, 0.29) is 17.3 Å². The summed E-state index contributed by atoms with van der Waals surface area (Å²) in [5.41, 5.74) is 0. The first kappa shape index (κ1) is 16.8. The number of pyridine rings is 1. The molecule has 1 rings (SSSR count). The second-order valence-corrected chi connectivity index (χ2v) is 5.77.